The van der Waals surface area contributed by atoms with E-state index in [2.05, 4.69) is 119 Å². The van der Waals surface area contributed by atoms with E-state index in [0.717, 1.165) is 34.1 Å². The van der Waals surface area contributed by atoms with Crippen molar-refractivity contribution < 1.29 is 32.4 Å². The van der Waals surface area contributed by atoms with Crippen LogP contribution in [-0.2, 0) is 20.1 Å². The van der Waals surface area contributed by atoms with Gasteiger partial charge in [-0.05, 0) is 58.6 Å². The molecule has 0 atom stereocenters. The molecule has 239 valence electrons. The van der Waals surface area contributed by atoms with Crippen molar-refractivity contribution in [1.29, 1.82) is 0 Å². The van der Waals surface area contributed by atoms with E-state index < -0.39 is 20.6 Å². The van der Waals surface area contributed by atoms with E-state index in [4.69, 9.17) is 17.3 Å². The van der Waals surface area contributed by atoms with Crippen LogP contribution in [0.2, 0.25) is 0 Å². The molecule has 0 spiro atoms. The zero-order valence-electron chi connectivity index (χ0n) is 35.0. The maximum absolute atomic E-state index is 7.54. The third-order valence-electron chi connectivity index (χ3n) is 8.49. The second-order valence-electron chi connectivity index (χ2n) is 11.4. The third kappa shape index (κ3) is 5.95. The van der Waals surface area contributed by atoms with Crippen molar-refractivity contribution in [2.75, 3.05) is 0 Å². The molecule has 1 radical (unpaired) electrons. The van der Waals surface area contributed by atoms with Crippen molar-refractivity contribution in [3.05, 3.63) is 175 Å². The van der Waals surface area contributed by atoms with Gasteiger partial charge in [0.05, 0.1) is 16.9 Å². The topological polar surface area (TPSA) is 30.2 Å². The molecule has 0 saturated carbocycles. The first-order valence-electron chi connectivity index (χ1n) is 20.0. The fraction of sp³-hybridized carbons (Fsp3) is 0.0667. The van der Waals surface area contributed by atoms with Gasteiger partial charge in [-0.1, -0.05) is 97.3 Å². The first kappa shape index (κ1) is 23.0. The molecule has 0 unspecified atom stereocenters. The van der Waals surface area contributed by atoms with Gasteiger partial charge in [-0.15, -0.1) is 71.3 Å². The van der Waals surface area contributed by atoms with E-state index in [1.165, 1.54) is 56.6 Å². The Morgan fingerprint density at radius 2 is 1.27 bits per heavy atom. The van der Waals surface area contributed by atoms with Crippen molar-refractivity contribution in [2.45, 2.75) is 20.6 Å². The first-order chi connectivity index (χ1) is 27.2. The predicted octanol–water partition coefficient (Wildman–Crippen LogP) is 11.4. The minimum Gasteiger partial charge on any atom is -0.332 e. The number of benzene rings is 6. The van der Waals surface area contributed by atoms with Crippen LogP contribution in [0.3, 0.4) is 0 Å². The molecule has 0 amide bonds. The van der Waals surface area contributed by atoms with Gasteiger partial charge in [-0.3, -0.25) is 4.98 Å². The number of hydrogen-bond acceptors (Lipinski definition) is 2. The van der Waals surface area contributed by atoms with Crippen LogP contribution in [0.4, 0.5) is 0 Å². The summed E-state index contributed by atoms with van der Waals surface area (Å²) < 4.78 is 69.2. The summed E-state index contributed by atoms with van der Waals surface area (Å²) in [4.78, 5) is 9.13. The Labute approximate surface area is 312 Å². The number of aryl methyl sites for hydroxylation is 3. The van der Waals surface area contributed by atoms with Crippen molar-refractivity contribution in [3.63, 3.8) is 0 Å². The van der Waals surface area contributed by atoms with E-state index in [1.54, 1.807) is 0 Å². The van der Waals surface area contributed by atoms with Gasteiger partial charge in [0.15, 0.2) is 0 Å². The summed E-state index contributed by atoms with van der Waals surface area (Å²) in [5.74, 6) is 0.905. The standard InChI is InChI=1S/C31H19N2.C14H14N.Ir/c1-2-11-21(12-3-1)31-32-28-19-10-18-27-25-16-7-5-14-23(25)22-13-4-6-15-24(22)26-17-8-9-20-29(26)33(31)30(27)28;1-10-4-6-13(7-5-10)14-8-11(2)12(3)9-15-14;/h1-11,13-20H;4-6,8-9H,1-3H3;/q2*-1;/i;1D3,2D3,3D3;. The molecular formula is C45H33IrN3-2. The number of rotatable bonds is 2. The van der Waals surface area contributed by atoms with E-state index in [9.17, 15) is 0 Å². The minimum absolute atomic E-state index is 0. The minimum atomic E-state index is -2.61. The van der Waals surface area contributed by atoms with Crippen LogP contribution in [0.25, 0.3) is 71.5 Å². The Morgan fingerprint density at radius 3 is 1.94 bits per heavy atom. The number of imidazole rings is 1. The molecule has 49 heavy (non-hydrogen) atoms. The summed E-state index contributed by atoms with van der Waals surface area (Å²) in [7, 11) is 0. The molecule has 3 aromatic heterocycles. The molecule has 0 saturated heterocycles. The number of hydrogen-bond donors (Lipinski definition) is 0. The van der Waals surface area contributed by atoms with Crippen LogP contribution in [-0.4, -0.2) is 14.4 Å². The third-order valence-corrected chi connectivity index (χ3v) is 8.49. The van der Waals surface area contributed by atoms with E-state index in [-0.39, 0.29) is 42.5 Å². The zero-order valence-corrected chi connectivity index (χ0v) is 28.4. The van der Waals surface area contributed by atoms with E-state index >= 15 is 0 Å². The number of para-hydroxylation sites is 2. The molecule has 0 bridgehead atoms. The van der Waals surface area contributed by atoms with Gasteiger partial charge in [0, 0.05) is 54.9 Å². The van der Waals surface area contributed by atoms with Gasteiger partial charge in [0.25, 0.3) is 0 Å². The zero-order chi connectivity index (χ0) is 40.1. The Balaban J connectivity index is 0.000000184. The molecule has 9 rings (SSSR count). The summed E-state index contributed by atoms with van der Waals surface area (Å²) in [6.07, 6.45) is 1.02. The van der Waals surface area contributed by atoms with Crippen molar-refractivity contribution >= 4 is 48.9 Å². The van der Waals surface area contributed by atoms with Gasteiger partial charge in [-0.2, -0.15) is 0 Å². The fourth-order valence-electron chi connectivity index (χ4n) is 6.28. The van der Waals surface area contributed by atoms with Crippen LogP contribution in [0, 0.1) is 32.7 Å². The van der Waals surface area contributed by atoms with Gasteiger partial charge in [-0.25, -0.2) is 0 Å². The summed E-state index contributed by atoms with van der Waals surface area (Å²) in [5, 5.41) is 7.29. The molecular weight excluding hydrogens is 775 g/mol. The summed E-state index contributed by atoms with van der Waals surface area (Å²) in [6, 6.07) is 52.1. The molecule has 0 fully saturated rings. The average molecular weight is 817 g/mol. The molecule has 9 aromatic rings. The fourth-order valence-corrected chi connectivity index (χ4v) is 6.28. The average Bonchev–Trinajstić information content (AvgIpc) is 3.61. The number of fused-ring (bicyclic) bond motifs is 7. The monoisotopic (exact) mass is 817 g/mol. The molecule has 3 heterocycles. The normalized spacial score (nSPS) is 14.5. The second kappa shape index (κ2) is 13.6. The second-order valence-corrected chi connectivity index (χ2v) is 11.4. The van der Waals surface area contributed by atoms with Gasteiger partial charge in [0.1, 0.15) is 0 Å². The van der Waals surface area contributed by atoms with Crippen molar-refractivity contribution in [2.24, 2.45) is 0 Å². The predicted molar refractivity (Wildman–Crippen MR) is 201 cm³/mol. The molecule has 4 heteroatoms. The number of pyridine rings is 1. The molecule has 6 aromatic carbocycles. The smallest absolute Gasteiger partial charge is 0.0780 e. The SMILES string of the molecule is [2H]C([2H])([2H])c1c[c-]c(-c2cc(C([2H])([2H])[2H])c(C([2H])([2H])[2H])cn2)cc1.[Ir].[c-]1ccccc1-c1nc2cccc3c4ccccc4c4ccccc4c4ccccc4n1c23. The van der Waals surface area contributed by atoms with Gasteiger partial charge >= 0.3 is 0 Å². The van der Waals surface area contributed by atoms with Crippen LogP contribution in [0.1, 0.15) is 29.0 Å². The Morgan fingerprint density at radius 1 is 0.592 bits per heavy atom. The summed E-state index contributed by atoms with van der Waals surface area (Å²) in [6.45, 7) is -7.47. The largest absolute Gasteiger partial charge is 0.332 e. The van der Waals surface area contributed by atoms with Crippen molar-refractivity contribution in [3.8, 4) is 22.6 Å². The van der Waals surface area contributed by atoms with Crippen LogP contribution in [0.15, 0.2) is 146 Å². The molecule has 3 nitrogen and oxygen atoms in total. The van der Waals surface area contributed by atoms with E-state index in [0.29, 0.717) is 5.56 Å². The van der Waals surface area contributed by atoms with Gasteiger partial charge < -0.3 is 9.38 Å². The van der Waals surface area contributed by atoms with Crippen LogP contribution < -0.4 is 0 Å². The Bertz CT molecular complexity index is 2970. The first-order valence-corrected chi connectivity index (χ1v) is 15.5. The summed E-state index contributed by atoms with van der Waals surface area (Å²) >= 11 is 0. The van der Waals surface area contributed by atoms with Crippen molar-refractivity contribution in [1.82, 2.24) is 14.4 Å². The molecule has 0 N–H and O–H groups in total. The van der Waals surface area contributed by atoms with Crippen LogP contribution >= 0.6 is 0 Å². The summed E-state index contributed by atoms with van der Waals surface area (Å²) in [5.41, 5.74) is 4.27. The van der Waals surface area contributed by atoms with E-state index in [1.807, 2.05) is 18.2 Å². The number of nitrogens with zero attached hydrogens (tertiary/aromatic N) is 3. The maximum Gasteiger partial charge on any atom is 0.0780 e. The Kier molecular flexibility index (Phi) is 6.39. The molecule has 0 aliphatic carbocycles. The van der Waals surface area contributed by atoms with Crippen LogP contribution in [0.5, 0.6) is 0 Å². The Hall–Kier alpha value is -5.41. The number of aromatic nitrogens is 3. The maximum atomic E-state index is 7.54. The van der Waals surface area contributed by atoms with Gasteiger partial charge in [0.2, 0.25) is 0 Å². The quantitative estimate of drug-likeness (QED) is 0.163. The molecule has 0 aliphatic rings. The molecule has 0 aliphatic heterocycles.